The van der Waals surface area contributed by atoms with Crippen LogP contribution in [0.15, 0.2) is 39.9 Å². The first-order chi connectivity index (χ1) is 18.1. The maximum absolute atomic E-state index is 13.8. The largest absolute Gasteiger partial charge is 0.340 e. The number of para-hydroxylation sites is 1. The quantitative estimate of drug-likeness (QED) is 0.434. The van der Waals surface area contributed by atoms with E-state index in [0.717, 1.165) is 30.4 Å². The predicted molar refractivity (Wildman–Crippen MR) is 149 cm³/mol. The summed E-state index contributed by atoms with van der Waals surface area (Å²) in [6.07, 6.45) is 6.22. The standard InChI is InChI=1S/C27H35N7O4/c1-5-6-14-33-22-23(30-26(33)32-13-9-10-18(28)15-32)31(4)27(38)34(25(22)37)16-21(35)19-11-7-8-12-20(19)29-24(36)17(2)3/h6-8,11-12,14,17-18H,5,9-10,13,15-16,28H2,1-4H3,(H,29,36)/b14-6+/t18-/m1/s1. The molecule has 0 saturated carbocycles. The van der Waals surface area contributed by atoms with E-state index in [0.29, 0.717) is 18.2 Å². The van der Waals surface area contributed by atoms with Gasteiger partial charge in [-0.1, -0.05) is 39.0 Å². The van der Waals surface area contributed by atoms with Gasteiger partial charge in [-0.15, -0.1) is 0 Å². The van der Waals surface area contributed by atoms with Gasteiger partial charge in [-0.25, -0.2) is 4.79 Å². The number of aromatic nitrogens is 4. The lowest BCUT2D eigenvalue weighted by atomic mass is 10.1. The molecule has 0 radical (unpaired) electrons. The van der Waals surface area contributed by atoms with Crippen LogP contribution >= 0.6 is 0 Å². The minimum atomic E-state index is -0.648. The van der Waals surface area contributed by atoms with E-state index < -0.39 is 23.6 Å². The number of ketones is 1. The van der Waals surface area contributed by atoms with Crippen molar-refractivity contribution in [2.24, 2.45) is 18.7 Å². The van der Waals surface area contributed by atoms with Crippen molar-refractivity contribution in [3.63, 3.8) is 0 Å². The number of fused-ring (bicyclic) bond motifs is 1. The number of nitrogens with two attached hydrogens (primary N) is 1. The van der Waals surface area contributed by atoms with Gasteiger partial charge in [-0.05, 0) is 31.4 Å². The molecule has 1 aromatic carbocycles. The molecule has 3 aromatic rings. The van der Waals surface area contributed by atoms with Crippen molar-refractivity contribution in [3.05, 3.63) is 56.7 Å². The maximum Gasteiger partial charge on any atom is 0.332 e. The first-order valence-corrected chi connectivity index (χ1v) is 13.0. The molecular weight excluding hydrogens is 486 g/mol. The van der Waals surface area contributed by atoms with Gasteiger partial charge in [0.2, 0.25) is 11.9 Å². The van der Waals surface area contributed by atoms with Crippen LogP contribution < -0.4 is 27.2 Å². The summed E-state index contributed by atoms with van der Waals surface area (Å²) in [4.78, 5) is 59.4. The number of nitrogens with zero attached hydrogens (tertiary/aromatic N) is 5. The zero-order chi connectivity index (χ0) is 27.6. The van der Waals surface area contributed by atoms with Crippen LogP contribution in [0.5, 0.6) is 0 Å². The lowest BCUT2D eigenvalue weighted by Gasteiger charge is -2.31. The number of benzene rings is 1. The van der Waals surface area contributed by atoms with Crippen LogP contribution in [0.4, 0.5) is 11.6 Å². The summed E-state index contributed by atoms with van der Waals surface area (Å²) in [7, 11) is 1.54. The Morgan fingerprint density at radius 1 is 1.24 bits per heavy atom. The van der Waals surface area contributed by atoms with Crippen LogP contribution in [0, 0.1) is 5.92 Å². The summed E-state index contributed by atoms with van der Waals surface area (Å²) in [6, 6.07) is 6.55. The fourth-order valence-electron chi connectivity index (χ4n) is 4.58. The van der Waals surface area contributed by atoms with E-state index >= 15 is 0 Å². The summed E-state index contributed by atoms with van der Waals surface area (Å²) in [6.45, 7) is 6.32. The summed E-state index contributed by atoms with van der Waals surface area (Å²) in [5.41, 5.74) is 5.95. The van der Waals surface area contributed by atoms with Gasteiger partial charge in [0.15, 0.2) is 16.9 Å². The Hall–Kier alpha value is -3.99. The smallest absolute Gasteiger partial charge is 0.332 e. The number of rotatable bonds is 8. The van der Waals surface area contributed by atoms with Crippen molar-refractivity contribution in [3.8, 4) is 0 Å². The third-order valence-corrected chi connectivity index (χ3v) is 6.70. The van der Waals surface area contributed by atoms with Crippen molar-refractivity contribution in [2.75, 3.05) is 23.3 Å². The molecule has 202 valence electrons. The molecule has 11 nitrogen and oxygen atoms in total. The number of amides is 1. The zero-order valence-electron chi connectivity index (χ0n) is 22.3. The normalized spacial score (nSPS) is 16.1. The lowest BCUT2D eigenvalue weighted by molar-refractivity contribution is -0.118. The third-order valence-electron chi connectivity index (χ3n) is 6.70. The number of piperidine rings is 1. The maximum atomic E-state index is 13.8. The highest BCUT2D eigenvalue weighted by molar-refractivity contribution is 6.05. The Labute approximate surface area is 220 Å². The van der Waals surface area contributed by atoms with E-state index in [1.807, 2.05) is 17.9 Å². The topological polar surface area (TPSA) is 137 Å². The van der Waals surface area contributed by atoms with E-state index in [2.05, 4.69) is 10.3 Å². The third kappa shape index (κ3) is 5.19. The summed E-state index contributed by atoms with van der Waals surface area (Å²) in [5, 5.41) is 2.75. The van der Waals surface area contributed by atoms with E-state index in [-0.39, 0.29) is 34.6 Å². The van der Waals surface area contributed by atoms with Gasteiger partial charge in [0.25, 0.3) is 5.56 Å². The molecule has 3 N–H and O–H groups in total. The number of aryl methyl sites for hydroxylation is 1. The number of imidazole rings is 1. The SMILES string of the molecule is CC/C=C/n1c(N2CCC[C@@H](N)C2)nc2c1c(=O)n(CC(=O)c1ccccc1NC(=O)C(C)C)c(=O)n2C. The van der Waals surface area contributed by atoms with Crippen molar-refractivity contribution < 1.29 is 9.59 Å². The zero-order valence-corrected chi connectivity index (χ0v) is 22.3. The molecule has 0 bridgehead atoms. The predicted octanol–water partition coefficient (Wildman–Crippen LogP) is 2.18. The average molecular weight is 522 g/mol. The molecule has 2 aromatic heterocycles. The number of carbonyl (C=O) groups is 2. The second-order valence-corrected chi connectivity index (χ2v) is 9.94. The number of anilines is 2. The first kappa shape index (κ1) is 27.1. The van der Waals surface area contributed by atoms with E-state index in [9.17, 15) is 19.2 Å². The minimum absolute atomic E-state index is 0.0125. The summed E-state index contributed by atoms with van der Waals surface area (Å²) >= 11 is 0. The fourth-order valence-corrected chi connectivity index (χ4v) is 4.58. The highest BCUT2D eigenvalue weighted by atomic mass is 16.2. The Balaban J connectivity index is 1.82. The molecule has 4 rings (SSSR count). The van der Waals surface area contributed by atoms with Crippen molar-refractivity contribution in [1.82, 2.24) is 18.7 Å². The van der Waals surface area contributed by atoms with Crippen molar-refractivity contribution in [1.29, 1.82) is 0 Å². The first-order valence-electron chi connectivity index (χ1n) is 13.0. The molecule has 0 aliphatic carbocycles. The van der Waals surface area contributed by atoms with E-state index in [4.69, 9.17) is 5.73 Å². The summed E-state index contributed by atoms with van der Waals surface area (Å²) in [5.74, 6) is -0.453. The number of allylic oxidation sites excluding steroid dienone is 1. The van der Waals surface area contributed by atoms with Gasteiger partial charge in [-0.2, -0.15) is 4.98 Å². The Morgan fingerprint density at radius 3 is 2.66 bits per heavy atom. The van der Waals surface area contributed by atoms with Crippen LogP contribution in [0.2, 0.25) is 0 Å². The van der Waals surface area contributed by atoms with Gasteiger partial charge in [0.05, 0.1) is 12.2 Å². The van der Waals surface area contributed by atoms with Gasteiger partial charge < -0.3 is 16.0 Å². The molecule has 11 heteroatoms. The highest BCUT2D eigenvalue weighted by Gasteiger charge is 2.26. The number of carbonyl (C=O) groups excluding carboxylic acids is 2. The van der Waals surface area contributed by atoms with E-state index in [1.54, 1.807) is 48.9 Å². The molecule has 1 amide bonds. The Bertz CT molecular complexity index is 1510. The summed E-state index contributed by atoms with van der Waals surface area (Å²) < 4.78 is 3.91. The minimum Gasteiger partial charge on any atom is -0.340 e. The molecule has 0 spiro atoms. The lowest BCUT2D eigenvalue weighted by Crippen LogP contribution is -2.43. The average Bonchev–Trinajstić information content (AvgIpc) is 3.28. The molecule has 1 saturated heterocycles. The van der Waals surface area contributed by atoms with Gasteiger partial charge in [0.1, 0.15) is 0 Å². The number of hydrogen-bond donors (Lipinski definition) is 2. The molecule has 1 atom stereocenters. The van der Waals surface area contributed by atoms with Crippen LogP contribution in [-0.4, -0.2) is 49.5 Å². The van der Waals surface area contributed by atoms with Crippen LogP contribution in [-0.2, 0) is 18.4 Å². The number of hydrogen-bond acceptors (Lipinski definition) is 7. The highest BCUT2D eigenvalue weighted by Crippen LogP contribution is 2.24. The van der Waals surface area contributed by atoms with Gasteiger partial charge in [0, 0.05) is 43.9 Å². The van der Waals surface area contributed by atoms with Gasteiger partial charge in [-0.3, -0.25) is 28.1 Å². The van der Waals surface area contributed by atoms with Crippen LogP contribution in [0.25, 0.3) is 17.4 Å². The van der Waals surface area contributed by atoms with Crippen molar-refractivity contribution >= 4 is 40.7 Å². The monoisotopic (exact) mass is 521 g/mol. The second kappa shape index (κ2) is 11.2. The van der Waals surface area contributed by atoms with E-state index in [1.165, 1.54) is 11.6 Å². The Kier molecular flexibility index (Phi) is 7.96. The molecular formula is C27H35N7O4. The van der Waals surface area contributed by atoms with Gasteiger partial charge >= 0.3 is 5.69 Å². The Morgan fingerprint density at radius 2 is 1.97 bits per heavy atom. The fraction of sp³-hybridized carbons (Fsp3) is 0.444. The molecule has 1 aliphatic heterocycles. The number of nitrogens with one attached hydrogen (secondary N) is 1. The molecule has 1 fully saturated rings. The van der Waals surface area contributed by atoms with Crippen molar-refractivity contribution in [2.45, 2.75) is 52.6 Å². The molecule has 0 unspecified atom stereocenters. The molecule has 3 heterocycles. The van der Waals surface area contributed by atoms with Crippen LogP contribution in [0.1, 0.15) is 50.4 Å². The number of Topliss-reactive ketones (excluding diaryl/α,β-unsaturated/α-hetero) is 1. The molecule has 1 aliphatic rings. The molecule has 38 heavy (non-hydrogen) atoms. The van der Waals surface area contributed by atoms with Crippen LogP contribution in [0.3, 0.4) is 0 Å². The second-order valence-electron chi connectivity index (χ2n) is 9.94.